The Kier molecular flexibility index (Phi) is 5.55. The van der Waals surface area contributed by atoms with Crippen molar-refractivity contribution in [3.63, 3.8) is 0 Å². The van der Waals surface area contributed by atoms with Crippen molar-refractivity contribution in [3.05, 3.63) is 69.0 Å². The molecule has 0 bridgehead atoms. The zero-order chi connectivity index (χ0) is 23.1. The zero-order valence-electron chi connectivity index (χ0n) is 17.9. The molecule has 1 fully saturated rings. The first-order valence-corrected chi connectivity index (χ1v) is 11.6. The smallest absolute Gasteiger partial charge is 0.267 e. The third-order valence-corrected chi connectivity index (χ3v) is 6.61. The van der Waals surface area contributed by atoms with E-state index in [-0.39, 0.29) is 24.3 Å². The third kappa shape index (κ3) is 3.96. The summed E-state index contributed by atoms with van der Waals surface area (Å²) in [5.74, 6) is 1.56. The van der Waals surface area contributed by atoms with E-state index >= 15 is 0 Å². The first-order valence-electron chi connectivity index (χ1n) is 10.3. The van der Waals surface area contributed by atoms with Crippen molar-refractivity contribution in [2.45, 2.75) is 26.4 Å². The second-order valence-electron chi connectivity index (χ2n) is 7.79. The lowest BCUT2D eigenvalue weighted by atomic mass is 10.2. The summed E-state index contributed by atoms with van der Waals surface area (Å²) in [6.07, 6.45) is 3.24. The van der Waals surface area contributed by atoms with Crippen LogP contribution in [0.1, 0.15) is 25.0 Å². The fourth-order valence-corrected chi connectivity index (χ4v) is 5.17. The molecule has 33 heavy (non-hydrogen) atoms. The number of benzene rings is 1. The molecule has 2 aromatic heterocycles. The number of anilines is 1. The molecule has 1 N–H and O–H groups in total. The van der Waals surface area contributed by atoms with Gasteiger partial charge in [-0.15, -0.1) is 0 Å². The van der Waals surface area contributed by atoms with E-state index < -0.39 is 0 Å². The van der Waals surface area contributed by atoms with Crippen LogP contribution in [0, 0.1) is 0 Å². The predicted octanol–water partition coefficient (Wildman–Crippen LogP) is 3.64. The Morgan fingerprint density at radius 2 is 2.03 bits per heavy atom. The lowest BCUT2D eigenvalue weighted by Gasteiger charge is -2.18. The average molecular weight is 481 g/mol. The summed E-state index contributed by atoms with van der Waals surface area (Å²) in [7, 11) is 0. The van der Waals surface area contributed by atoms with Gasteiger partial charge in [-0.2, -0.15) is 0 Å². The Bertz CT molecular complexity index is 1380. The molecule has 4 heterocycles. The van der Waals surface area contributed by atoms with Crippen LogP contribution in [-0.2, 0) is 11.3 Å². The maximum Gasteiger partial charge on any atom is 0.267 e. The van der Waals surface area contributed by atoms with E-state index in [1.807, 2.05) is 38.1 Å². The standard InChI is InChI=1S/C23H20N4O4S2/c1-13(2)27-22(29)18(33-23(27)32)10-15-20(25-19-5-3-4-8-26(19)21(15)28)24-11-14-6-7-16-17(9-14)31-12-30-16/h3-10,13,24H,11-12H2,1-2H3. The molecule has 2 aliphatic heterocycles. The normalized spacial score (nSPS) is 16.5. The molecular weight excluding hydrogens is 460 g/mol. The highest BCUT2D eigenvalue weighted by Gasteiger charge is 2.34. The zero-order valence-corrected chi connectivity index (χ0v) is 19.5. The second-order valence-corrected chi connectivity index (χ2v) is 9.47. The number of hydrogen-bond donors (Lipinski definition) is 1. The maximum absolute atomic E-state index is 13.3. The number of nitrogens with one attached hydrogen (secondary N) is 1. The number of fused-ring (bicyclic) bond motifs is 2. The highest BCUT2D eigenvalue weighted by Crippen LogP contribution is 2.35. The number of aromatic nitrogens is 2. The van der Waals surface area contributed by atoms with Crippen molar-refractivity contribution in [3.8, 4) is 11.5 Å². The second kappa shape index (κ2) is 8.53. The number of thioether (sulfide) groups is 1. The van der Waals surface area contributed by atoms with Gasteiger partial charge >= 0.3 is 0 Å². The van der Waals surface area contributed by atoms with Gasteiger partial charge in [0.2, 0.25) is 6.79 Å². The lowest BCUT2D eigenvalue weighted by molar-refractivity contribution is -0.123. The number of carbonyl (C=O) groups is 1. The molecule has 0 spiro atoms. The van der Waals surface area contributed by atoms with E-state index in [9.17, 15) is 9.59 Å². The molecule has 1 aromatic carbocycles. The Balaban J connectivity index is 1.54. The fourth-order valence-electron chi connectivity index (χ4n) is 3.66. The van der Waals surface area contributed by atoms with Crippen LogP contribution < -0.4 is 20.3 Å². The molecule has 0 unspecified atom stereocenters. The highest BCUT2D eigenvalue weighted by atomic mass is 32.2. The Morgan fingerprint density at radius 3 is 2.82 bits per heavy atom. The van der Waals surface area contributed by atoms with Crippen molar-refractivity contribution in [1.29, 1.82) is 0 Å². The monoisotopic (exact) mass is 480 g/mol. The lowest BCUT2D eigenvalue weighted by Crippen LogP contribution is -2.34. The van der Waals surface area contributed by atoms with E-state index in [1.54, 1.807) is 29.3 Å². The summed E-state index contributed by atoms with van der Waals surface area (Å²) < 4.78 is 12.7. The van der Waals surface area contributed by atoms with E-state index in [1.165, 1.54) is 16.2 Å². The molecule has 168 valence electrons. The van der Waals surface area contributed by atoms with Gasteiger partial charge in [-0.1, -0.05) is 36.1 Å². The minimum atomic E-state index is -0.274. The van der Waals surface area contributed by atoms with Crippen LogP contribution in [0.15, 0.2) is 52.3 Å². The van der Waals surface area contributed by atoms with Gasteiger partial charge < -0.3 is 14.8 Å². The van der Waals surface area contributed by atoms with Gasteiger partial charge in [-0.3, -0.25) is 18.9 Å². The Labute approximate surface area is 199 Å². The van der Waals surface area contributed by atoms with Crippen LogP contribution in [0.2, 0.25) is 0 Å². The molecule has 0 atom stereocenters. The quantitative estimate of drug-likeness (QED) is 0.438. The SMILES string of the molecule is CC(C)N1C(=O)C(=Cc2c(NCc3ccc4c(c3)OCO4)nc3ccccn3c2=O)SC1=S. The van der Waals surface area contributed by atoms with Gasteiger partial charge in [0.05, 0.1) is 10.5 Å². The van der Waals surface area contributed by atoms with Crippen LogP contribution in [0.3, 0.4) is 0 Å². The van der Waals surface area contributed by atoms with E-state index in [2.05, 4.69) is 10.3 Å². The van der Waals surface area contributed by atoms with Crippen molar-refractivity contribution in [1.82, 2.24) is 14.3 Å². The number of carbonyl (C=O) groups excluding carboxylic acids is 1. The van der Waals surface area contributed by atoms with Crippen molar-refractivity contribution < 1.29 is 14.3 Å². The number of amides is 1. The van der Waals surface area contributed by atoms with Crippen LogP contribution in [0.25, 0.3) is 11.7 Å². The average Bonchev–Trinajstić information content (AvgIpc) is 3.37. The first kappa shape index (κ1) is 21.5. The summed E-state index contributed by atoms with van der Waals surface area (Å²) in [4.78, 5) is 32.8. The highest BCUT2D eigenvalue weighted by molar-refractivity contribution is 8.26. The summed E-state index contributed by atoms with van der Waals surface area (Å²) in [5.41, 5.74) is 1.46. The molecule has 1 amide bonds. The molecule has 5 rings (SSSR count). The fraction of sp³-hybridized carbons (Fsp3) is 0.217. The van der Waals surface area contributed by atoms with Gasteiger partial charge in [0.15, 0.2) is 11.5 Å². The number of ether oxygens (including phenoxy) is 2. The number of hydrogen-bond acceptors (Lipinski definition) is 8. The minimum Gasteiger partial charge on any atom is -0.454 e. The topological polar surface area (TPSA) is 85.2 Å². The summed E-state index contributed by atoms with van der Waals surface area (Å²) >= 11 is 6.57. The van der Waals surface area contributed by atoms with Crippen LogP contribution in [0.5, 0.6) is 11.5 Å². The minimum absolute atomic E-state index is 0.0668. The molecule has 0 radical (unpaired) electrons. The molecule has 8 nitrogen and oxygen atoms in total. The molecule has 0 aliphatic carbocycles. The summed E-state index contributed by atoms with van der Waals surface area (Å²) in [6.45, 7) is 4.41. The van der Waals surface area contributed by atoms with Gasteiger partial charge in [-0.05, 0) is 49.8 Å². The molecular formula is C23H20N4O4S2. The number of pyridine rings is 1. The molecule has 1 saturated heterocycles. The van der Waals surface area contributed by atoms with Gasteiger partial charge in [0.1, 0.15) is 15.8 Å². The largest absolute Gasteiger partial charge is 0.454 e. The van der Waals surface area contributed by atoms with Crippen molar-refractivity contribution >= 4 is 51.7 Å². The Morgan fingerprint density at radius 1 is 1.21 bits per heavy atom. The van der Waals surface area contributed by atoms with E-state index in [4.69, 9.17) is 21.7 Å². The van der Waals surface area contributed by atoms with Gasteiger partial charge in [0, 0.05) is 18.8 Å². The predicted molar refractivity (Wildman–Crippen MR) is 132 cm³/mol. The van der Waals surface area contributed by atoms with Crippen molar-refractivity contribution in [2.75, 3.05) is 12.1 Å². The maximum atomic E-state index is 13.3. The number of thiocarbonyl (C=S) groups is 1. The van der Waals surface area contributed by atoms with Crippen LogP contribution in [-0.4, -0.2) is 37.3 Å². The van der Waals surface area contributed by atoms with Crippen LogP contribution >= 0.6 is 24.0 Å². The van der Waals surface area contributed by atoms with Crippen LogP contribution in [0.4, 0.5) is 5.82 Å². The van der Waals surface area contributed by atoms with Crippen molar-refractivity contribution in [2.24, 2.45) is 0 Å². The summed E-state index contributed by atoms with van der Waals surface area (Å²) in [5, 5.41) is 3.26. The third-order valence-electron chi connectivity index (χ3n) is 5.28. The number of rotatable bonds is 5. The van der Waals surface area contributed by atoms with Gasteiger partial charge in [-0.25, -0.2) is 4.98 Å². The number of nitrogens with zero attached hydrogens (tertiary/aromatic N) is 3. The first-order chi connectivity index (χ1) is 15.9. The molecule has 0 saturated carbocycles. The van der Waals surface area contributed by atoms with E-state index in [0.717, 1.165) is 5.56 Å². The molecule has 2 aliphatic rings. The summed E-state index contributed by atoms with van der Waals surface area (Å²) in [6, 6.07) is 10.9. The van der Waals surface area contributed by atoms with E-state index in [0.29, 0.717) is 44.3 Å². The molecule has 3 aromatic rings. The Hall–Kier alpha value is -3.37. The molecule has 10 heteroatoms. The van der Waals surface area contributed by atoms with Gasteiger partial charge in [0.25, 0.3) is 11.5 Å².